The maximum Gasteiger partial charge on any atom is 0.253 e. The summed E-state index contributed by atoms with van der Waals surface area (Å²) in [5, 5.41) is 36.9. The minimum Gasteiger partial charge on any atom is -0.516 e. The van der Waals surface area contributed by atoms with E-state index >= 15 is 0 Å². The van der Waals surface area contributed by atoms with Gasteiger partial charge in [0.15, 0.2) is 5.65 Å². The number of amides is 1. The van der Waals surface area contributed by atoms with Crippen molar-refractivity contribution in [2.75, 3.05) is 39.4 Å². The second-order valence-electron chi connectivity index (χ2n) is 7.43. The van der Waals surface area contributed by atoms with Gasteiger partial charge in [-0.05, 0) is 19.1 Å². The van der Waals surface area contributed by atoms with Crippen LogP contribution in [-0.2, 0) is 4.74 Å². The van der Waals surface area contributed by atoms with Gasteiger partial charge in [-0.25, -0.2) is 9.37 Å². The van der Waals surface area contributed by atoms with Crippen LogP contribution in [0.4, 0.5) is 4.39 Å². The topological polar surface area (TPSA) is 147 Å². The molecule has 0 spiro atoms. The number of aliphatic hydroxyl groups excluding tert-OH is 1. The second kappa shape index (κ2) is 11.2. The molecular weight excluding hydrogens is 443 g/mol. The second-order valence-corrected chi connectivity index (χ2v) is 7.43. The molecule has 0 unspecified atom stereocenters. The van der Waals surface area contributed by atoms with Gasteiger partial charge in [0, 0.05) is 43.5 Å². The summed E-state index contributed by atoms with van der Waals surface area (Å²) in [7, 11) is 0. The minimum atomic E-state index is -0.755. The highest BCUT2D eigenvalue weighted by Gasteiger charge is 2.26. The molecule has 3 heterocycles. The Kier molecular flexibility index (Phi) is 8.13. The highest BCUT2D eigenvalue weighted by atomic mass is 19.1. The third-order valence-corrected chi connectivity index (χ3v) is 5.25. The lowest BCUT2D eigenvalue weighted by molar-refractivity contribution is 0.0383. The van der Waals surface area contributed by atoms with Gasteiger partial charge in [-0.1, -0.05) is 6.58 Å². The van der Waals surface area contributed by atoms with Crippen LogP contribution in [0, 0.1) is 24.1 Å². The number of pyridine rings is 1. The molecule has 0 aliphatic carbocycles. The molecule has 1 fully saturated rings. The predicted molar refractivity (Wildman–Crippen MR) is 123 cm³/mol. The first-order chi connectivity index (χ1) is 16.4. The largest absolute Gasteiger partial charge is 0.516 e. The van der Waals surface area contributed by atoms with Gasteiger partial charge in [-0.15, -0.1) is 0 Å². The Morgan fingerprint density at radius 3 is 2.79 bits per heavy atom. The number of phenolic OH excluding ortho intramolecular Hbond substituents is 1. The van der Waals surface area contributed by atoms with Gasteiger partial charge in [0.1, 0.15) is 17.6 Å². The number of carbonyl (C=O) groups is 1. The van der Waals surface area contributed by atoms with E-state index in [0.717, 1.165) is 25.4 Å². The molecular formula is C23H25FN6O4. The van der Waals surface area contributed by atoms with Crippen molar-refractivity contribution in [2.45, 2.75) is 6.92 Å². The van der Waals surface area contributed by atoms with Crippen LogP contribution in [0.3, 0.4) is 0 Å². The average molecular weight is 468 g/mol. The SMILES string of the molecule is C=CO.Cc1[nH]nc2nc(-c3ccc(O)cc3F)c(C#N)c(C(=O)NCCN3CCOCC3)c12. The highest BCUT2D eigenvalue weighted by molar-refractivity contribution is 6.10. The number of hydrogen-bond acceptors (Lipinski definition) is 8. The quantitative estimate of drug-likeness (QED) is 0.417. The summed E-state index contributed by atoms with van der Waals surface area (Å²) in [6.45, 7) is 8.58. The predicted octanol–water partition coefficient (Wildman–Crippen LogP) is 2.40. The van der Waals surface area contributed by atoms with Crippen LogP contribution < -0.4 is 5.32 Å². The number of fused-ring (bicyclic) bond motifs is 1. The van der Waals surface area contributed by atoms with Gasteiger partial charge in [-0.2, -0.15) is 10.4 Å². The first kappa shape index (κ1) is 24.6. The third kappa shape index (κ3) is 5.31. The van der Waals surface area contributed by atoms with E-state index in [0.29, 0.717) is 37.4 Å². The molecule has 10 nitrogen and oxygen atoms in total. The van der Waals surface area contributed by atoms with Crippen LogP contribution in [0.25, 0.3) is 22.3 Å². The molecule has 0 atom stereocenters. The molecule has 1 amide bonds. The van der Waals surface area contributed by atoms with E-state index in [1.807, 2.05) is 6.07 Å². The summed E-state index contributed by atoms with van der Waals surface area (Å²) in [5.74, 6) is -1.46. The summed E-state index contributed by atoms with van der Waals surface area (Å²) < 4.78 is 19.9. The van der Waals surface area contributed by atoms with Crippen molar-refractivity contribution < 1.29 is 24.1 Å². The molecule has 3 aromatic rings. The number of nitriles is 1. The van der Waals surface area contributed by atoms with Crippen LogP contribution in [0.1, 0.15) is 21.6 Å². The number of nitrogens with one attached hydrogen (secondary N) is 2. The molecule has 34 heavy (non-hydrogen) atoms. The molecule has 1 saturated heterocycles. The molecule has 4 rings (SSSR count). The Morgan fingerprint density at radius 2 is 2.15 bits per heavy atom. The lowest BCUT2D eigenvalue weighted by Crippen LogP contribution is -2.41. The molecule has 0 bridgehead atoms. The summed E-state index contributed by atoms with van der Waals surface area (Å²) in [6, 6.07) is 5.56. The highest BCUT2D eigenvalue weighted by Crippen LogP contribution is 2.33. The zero-order valence-electron chi connectivity index (χ0n) is 18.6. The van der Waals surface area contributed by atoms with Gasteiger partial charge in [0.25, 0.3) is 5.91 Å². The molecule has 178 valence electrons. The fraction of sp³-hybridized carbons (Fsp3) is 0.304. The number of aromatic amines is 1. The number of rotatable bonds is 5. The van der Waals surface area contributed by atoms with E-state index in [1.54, 1.807) is 6.92 Å². The molecule has 1 aliphatic heterocycles. The molecule has 4 N–H and O–H groups in total. The van der Waals surface area contributed by atoms with Crippen LogP contribution in [0.5, 0.6) is 5.75 Å². The Balaban J connectivity index is 0.00000103. The third-order valence-electron chi connectivity index (χ3n) is 5.25. The Hall–Kier alpha value is -4.01. The van der Waals surface area contributed by atoms with E-state index in [1.165, 1.54) is 12.1 Å². The minimum absolute atomic E-state index is 0.000676. The van der Waals surface area contributed by atoms with Gasteiger partial charge in [0.05, 0.1) is 41.7 Å². The Bertz CT molecular complexity index is 1230. The van der Waals surface area contributed by atoms with Crippen molar-refractivity contribution in [2.24, 2.45) is 0 Å². The lowest BCUT2D eigenvalue weighted by Gasteiger charge is -2.26. The van der Waals surface area contributed by atoms with Gasteiger partial charge in [-0.3, -0.25) is 14.8 Å². The zero-order chi connectivity index (χ0) is 24.7. The van der Waals surface area contributed by atoms with Crippen LogP contribution >= 0.6 is 0 Å². The van der Waals surface area contributed by atoms with Crippen molar-refractivity contribution in [3.05, 3.63) is 53.7 Å². The van der Waals surface area contributed by atoms with Crippen molar-refractivity contribution in [1.82, 2.24) is 25.4 Å². The van der Waals surface area contributed by atoms with Crippen molar-refractivity contribution >= 4 is 16.9 Å². The fourth-order valence-corrected chi connectivity index (χ4v) is 3.67. The first-order valence-corrected chi connectivity index (χ1v) is 10.5. The summed E-state index contributed by atoms with van der Waals surface area (Å²) in [5.41, 5.74) is 0.831. The monoisotopic (exact) mass is 468 g/mol. The molecule has 0 saturated carbocycles. The van der Waals surface area contributed by atoms with E-state index in [4.69, 9.17) is 9.84 Å². The number of aliphatic hydroxyl groups is 1. The first-order valence-electron chi connectivity index (χ1n) is 10.5. The van der Waals surface area contributed by atoms with Gasteiger partial charge in [0.2, 0.25) is 0 Å². The average Bonchev–Trinajstić information content (AvgIpc) is 3.19. The molecule has 1 aromatic carbocycles. The number of carbonyl (C=O) groups excluding carboxylic acids is 1. The number of nitrogens with zero attached hydrogens (tertiary/aromatic N) is 4. The van der Waals surface area contributed by atoms with E-state index < -0.39 is 11.7 Å². The number of hydrogen-bond donors (Lipinski definition) is 4. The number of phenols is 1. The van der Waals surface area contributed by atoms with Crippen LogP contribution in [-0.4, -0.2) is 75.6 Å². The fourth-order valence-electron chi connectivity index (χ4n) is 3.67. The molecule has 1 aliphatic rings. The number of aryl methyl sites for hydroxylation is 1. The maximum atomic E-state index is 14.5. The smallest absolute Gasteiger partial charge is 0.253 e. The summed E-state index contributed by atoms with van der Waals surface area (Å²) >= 11 is 0. The van der Waals surface area contributed by atoms with Gasteiger partial charge < -0.3 is 20.3 Å². The lowest BCUT2D eigenvalue weighted by atomic mass is 9.97. The van der Waals surface area contributed by atoms with Gasteiger partial charge >= 0.3 is 0 Å². The van der Waals surface area contributed by atoms with Crippen LogP contribution in [0.15, 0.2) is 31.0 Å². The maximum absolute atomic E-state index is 14.5. The standard InChI is InChI=1S/C21H21FN6O3.C2H4O/c1-12-17-18(21(30)24-4-5-28-6-8-31-9-7-28)15(11-23)19(25-20(17)27-26-12)14-3-2-13(29)10-16(14)22;1-2-3/h2-3,10,29H,4-9H2,1H3,(H,24,30)(H,25,26,27);2-3H,1H2. The number of aromatic nitrogens is 3. The van der Waals surface area contributed by atoms with Crippen molar-refractivity contribution in [3.63, 3.8) is 0 Å². The normalized spacial score (nSPS) is 13.6. The molecule has 0 radical (unpaired) electrons. The van der Waals surface area contributed by atoms with Crippen molar-refractivity contribution in [3.8, 4) is 23.1 Å². The number of halogens is 1. The zero-order valence-corrected chi connectivity index (χ0v) is 18.6. The summed E-state index contributed by atoms with van der Waals surface area (Å²) in [4.78, 5) is 19.7. The van der Waals surface area contributed by atoms with E-state index in [9.17, 15) is 19.6 Å². The van der Waals surface area contributed by atoms with Crippen molar-refractivity contribution in [1.29, 1.82) is 5.26 Å². The Morgan fingerprint density at radius 1 is 1.44 bits per heavy atom. The Labute approximate surface area is 195 Å². The summed E-state index contributed by atoms with van der Waals surface area (Å²) in [6.07, 6.45) is 0.750. The number of aromatic hydroxyl groups is 1. The van der Waals surface area contributed by atoms with E-state index in [-0.39, 0.29) is 33.8 Å². The molecule has 2 aromatic heterocycles. The number of ether oxygens (including phenoxy) is 1. The number of H-pyrrole nitrogens is 1. The molecule has 11 heteroatoms. The number of morpholine rings is 1. The van der Waals surface area contributed by atoms with E-state index in [2.05, 4.69) is 32.0 Å². The van der Waals surface area contributed by atoms with Crippen LogP contribution in [0.2, 0.25) is 0 Å². The number of benzene rings is 1.